The third-order valence-electron chi connectivity index (χ3n) is 3.35. The minimum atomic E-state index is -1.10. The Labute approximate surface area is 154 Å². The number of ether oxygens (including phenoxy) is 1. The van der Waals surface area contributed by atoms with E-state index in [9.17, 15) is 9.59 Å². The number of nitrogen functional groups attached to an aromatic ring is 1. The Hall–Kier alpha value is -2.44. The number of carbonyl (C=O) groups is 2. The molecular formula is C17H16Cl2N2O4. The maximum atomic E-state index is 11.9. The average Bonchev–Trinajstić information content (AvgIpc) is 2.54. The van der Waals surface area contributed by atoms with E-state index in [1.807, 2.05) is 0 Å². The number of carboxylic acid groups (broad SMARTS) is 1. The van der Waals surface area contributed by atoms with Gasteiger partial charge in [-0.15, -0.1) is 0 Å². The molecule has 0 bridgehead atoms. The second-order valence-electron chi connectivity index (χ2n) is 5.32. The first kappa shape index (κ1) is 18.9. The molecule has 132 valence electrons. The summed E-state index contributed by atoms with van der Waals surface area (Å²) in [5.74, 6) is -1.23. The summed E-state index contributed by atoms with van der Waals surface area (Å²) in [7, 11) is 0. The van der Waals surface area contributed by atoms with Crippen LogP contribution >= 0.6 is 23.2 Å². The van der Waals surface area contributed by atoms with E-state index in [4.69, 9.17) is 38.8 Å². The number of nitrogens with one attached hydrogen (secondary N) is 1. The van der Waals surface area contributed by atoms with Crippen molar-refractivity contribution in [3.63, 3.8) is 0 Å². The van der Waals surface area contributed by atoms with Crippen molar-refractivity contribution >= 4 is 40.8 Å². The molecule has 0 radical (unpaired) electrons. The van der Waals surface area contributed by atoms with E-state index in [1.165, 1.54) is 13.0 Å². The van der Waals surface area contributed by atoms with Crippen LogP contribution in [0.5, 0.6) is 5.75 Å². The average molecular weight is 383 g/mol. The molecule has 0 saturated carbocycles. The van der Waals surface area contributed by atoms with Gasteiger partial charge >= 0.3 is 5.97 Å². The molecule has 0 heterocycles. The molecule has 0 aromatic heterocycles. The van der Waals surface area contributed by atoms with Gasteiger partial charge in [0.25, 0.3) is 5.91 Å². The Morgan fingerprint density at radius 3 is 2.44 bits per heavy atom. The lowest BCUT2D eigenvalue weighted by Gasteiger charge is -2.12. The molecule has 6 nitrogen and oxygen atoms in total. The summed E-state index contributed by atoms with van der Waals surface area (Å²) in [6.45, 7) is 1.59. The summed E-state index contributed by atoms with van der Waals surface area (Å²) < 4.78 is 5.61. The van der Waals surface area contributed by atoms with E-state index in [1.54, 1.807) is 30.3 Å². The number of amides is 1. The van der Waals surface area contributed by atoms with Gasteiger partial charge in [-0.3, -0.25) is 9.59 Å². The molecule has 1 atom stereocenters. The van der Waals surface area contributed by atoms with Gasteiger partial charge in [0.2, 0.25) is 0 Å². The van der Waals surface area contributed by atoms with Crippen LogP contribution in [0.1, 0.15) is 22.8 Å². The number of nitrogens with two attached hydrogens (primary N) is 1. The summed E-state index contributed by atoms with van der Waals surface area (Å²) in [6.07, 6.45) is 0. The molecule has 4 N–H and O–H groups in total. The van der Waals surface area contributed by atoms with Crippen LogP contribution in [0.3, 0.4) is 0 Å². The molecule has 0 saturated heterocycles. The van der Waals surface area contributed by atoms with Crippen molar-refractivity contribution in [3.8, 4) is 5.75 Å². The number of hydrogen-bond acceptors (Lipinski definition) is 4. The second kappa shape index (κ2) is 8.09. The first-order valence-electron chi connectivity index (χ1n) is 7.28. The zero-order chi connectivity index (χ0) is 18.6. The predicted octanol–water partition coefficient (Wildman–Crippen LogP) is 3.36. The minimum absolute atomic E-state index is 0.193. The normalized spacial score (nSPS) is 11.6. The molecule has 1 unspecified atom stereocenters. The smallest absolute Gasteiger partial charge is 0.325 e. The monoisotopic (exact) mass is 382 g/mol. The van der Waals surface area contributed by atoms with Gasteiger partial charge in [-0.1, -0.05) is 35.3 Å². The second-order valence-corrected chi connectivity index (χ2v) is 6.17. The highest BCUT2D eigenvalue weighted by molar-refractivity contribution is 6.36. The first-order chi connectivity index (χ1) is 11.8. The molecule has 8 heteroatoms. The van der Waals surface area contributed by atoms with Crippen LogP contribution < -0.4 is 15.8 Å². The Balaban J connectivity index is 2.01. The van der Waals surface area contributed by atoms with Gasteiger partial charge in [0.05, 0.1) is 10.7 Å². The highest BCUT2D eigenvalue weighted by atomic mass is 35.5. The van der Waals surface area contributed by atoms with E-state index in [2.05, 4.69) is 5.32 Å². The van der Waals surface area contributed by atoms with Crippen LogP contribution in [0.15, 0.2) is 36.4 Å². The molecule has 0 aliphatic heterocycles. The van der Waals surface area contributed by atoms with E-state index >= 15 is 0 Å². The van der Waals surface area contributed by atoms with Crippen molar-refractivity contribution in [3.05, 3.63) is 57.6 Å². The minimum Gasteiger partial charge on any atom is -0.485 e. The number of anilines is 1. The summed E-state index contributed by atoms with van der Waals surface area (Å²) in [5, 5.41) is 11.9. The standard InChI is InChI=1S/C17H16Cl2N2O4/c1-9(17(23)24)21-16(22)11-4-2-10(3-5-11)8-25-15-13(19)6-12(18)7-14(15)20/h2-7,9H,8,20H2,1H3,(H,21,22)(H,23,24). The fourth-order valence-electron chi connectivity index (χ4n) is 1.98. The maximum Gasteiger partial charge on any atom is 0.325 e. The van der Waals surface area contributed by atoms with Gasteiger partial charge in [-0.05, 0) is 36.8 Å². The highest BCUT2D eigenvalue weighted by Gasteiger charge is 2.15. The zero-order valence-corrected chi connectivity index (χ0v) is 14.8. The van der Waals surface area contributed by atoms with Crippen molar-refractivity contribution < 1.29 is 19.4 Å². The topological polar surface area (TPSA) is 102 Å². The molecule has 2 aromatic carbocycles. The van der Waals surface area contributed by atoms with Crippen molar-refractivity contribution in [1.29, 1.82) is 0 Å². The number of aliphatic carboxylic acids is 1. The zero-order valence-electron chi connectivity index (χ0n) is 13.3. The Bertz CT molecular complexity index is 771. The van der Waals surface area contributed by atoms with Gasteiger partial charge in [-0.2, -0.15) is 0 Å². The van der Waals surface area contributed by atoms with Gasteiger partial charge in [0.15, 0.2) is 5.75 Å². The molecule has 2 aromatic rings. The SMILES string of the molecule is CC(NC(=O)c1ccc(COc2c(N)cc(Cl)cc2Cl)cc1)C(=O)O. The summed E-state index contributed by atoms with van der Waals surface area (Å²) in [6, 6.07) is 8.66. The summed E-state index contributed by atoms with van der Waals surface area (Å²) in [4.78, 5) is 22.7. The Morgan fingerprint density at radius 2 is 1.88 bits per heavy atom. The molecule has 2 rings (SSSR count). The van der Waals surface area contributed by atoms with E-state index in [0.29, 0.717) is 27.0 Å². The van der Waals surface area contributed by atoms with E-state index < -0.39 is 17.9 Å². The van der Waals surface area contributed by atoms with E-state index in [0.717, 1.165) is 5.56 Å². The van der Waals surface area contributed by atoms with Crippen molar-refractivity contribution in [2.75, 3.05) is 5.73 Å². The van der Waals surface area contributed by atoms with Gasteiger partial charge in [-0.25, -0.2) is 0 Å². The number of rotatable bonds is 6. The quantitative estimate of drug-likeness (QED) is 0.664. The molecule has 25 heavy (non-hydrogen) atoms. The third kappa shape index (κ3) is 5.01. The molecule has 1 amide bonds. The molecule has 0 fully saturated rings. The Kier molecular flexibility index (Phi) is 6.12. The van der Waals surface area contributed by atoms with Crippen LogP contribution in [-0.2, 0) is 11.4 Å². The number of carbonyl (C=O) groups excluding carboxylic acids is 1. The number of hydrogen-bond donors (Lipinski definition) is 3. The number of carboxylic acids is 1. The summed E-state index contributed by atoms with van der Waals surface area (Å²) in [5.41, 5.74) is 7.29. The fourth-order valence-corrected chi connectivity index (χ4v) is 2.55. The van der Waals surface area contributed by atoms with Gasteiger partial charge in [0, 0.05) is 10.6 Å². The largest absolute Gasteiger partial charge is 0.485 e. The molecule has 0 aliphatic carbocycles. The molecule has 0 spiro atoms. The Morgan fingerprint density at radius 1 is 1.24 bits per heavy atom. The van der Waals surface area contributed by atoms with Crippen LogP contribution in [0.2, 0.25) is 10.0 Å². The predicted molar refractivity (Wildman–Crippen MR) is 96.2 cm³/mol. The number of halogens is 2. The van der Waals surface area contributed by atoms with Gasteiger partial charge in [0.1, 0.15) is 12.6 Å². The van der Waals surface area contributed by atoms with Gasteiger partial charge < -0.3 is 20.9 Å². The molecule has 0 aliphatic rings. The summed E-state index contributed by atoms with van der Waals surface area (Å²) >= 11 is 11.9. The van der Waals surface area contributed by atoms with Crippen molar-refractivity contribution in [1.82, 2.24) is 5.32 Å². The van der Waals surface area contributed by atoms with E-state index in [-0.39, 0.29) is 6.61 Å². The van der Waals surface area contributed by atoms with Crippen molar-refractivity contribution in [2.24, 2.45) is 0 Å². The lowest BCUT2D eigenvalue weighted by molar-refractivity contribution is -0.138. The number of benzene rings is 2. The lowest BCUT2D eigenvalue weighted by atomic mass is 10.1. The fraction of sp³-hybridized carbons (Fsp3) is 0.176. The lowest BCUT2D eigenvalue weighted by Crippen LogP contribution is -2.38. The first-order valence-corrected chi connectivity index (χ1v) is 8.03. The van der Waals surface area contributed by atoms with Crippen LogP contribution in [0.25, 0.3) is 0 Å². The van der Waals surface area contributed by atoms with Crippen molar-refractivity contribution in [2.45, 2.75) is 19.6 Å². The molecular weight excluding hydrogens is 367 g/mol. The maximum absolute atomic E-state index is 11.9. The van der Waals surface area contributed by atoms with Crippen LogP contribution in [0, 0.1) is 0 Å². The van der Waals surface area contributed by atoms with Crippen LogP contribution in [-0.4, -0.2) is 23.0 Å². The highest BCUT2D eigenvalue weighted by Crippen LogP contribution is 2.34. The van der Waals surface area contributed by atoms with Crippen LogP contribution in [0.4, 0.5) is 5.69 Å². The third-order valence-corrected chi connectivity index (χ3v) is 3.85.